The van der Waals surface area contributed by atoms with Crippen LogP contribution in [0.2, 0.25) is 0 Å². The van der Waals surface area contributed by atoms with Crippen LogP contribution >= 0.6 is 11.8 Å². The lowest BCUT2D eigenvalue weighted by Gasteiger charge is -2.25. The zero-order valence-corrected chi connectivity index (χ0v) is 13.5. The van der Waals surface area contributed by atoms with Gasteiger partial charge in [0.2, 0.25) is 0 Å². The first-order chi connectivity index (χ1) is 10.6. The lowest BCUT2D eigenvalue weighted by molar-refractivity contribution is -0.116. The van der Waals surface area contributed by atoms with Crippen LogP contribution in [-0.2, 0) is 4.79 Å². The molecule has 2 aromatic heterocycles. The van der Waals surface area contributed by atoms with Gasteiger partial charge in [-0.3, -0.25) is 4.79 Å². The van der Waals surface area contributed by atoms with Gasteiger partial charge < -0.3 is 15.2 Å². The van der Waals surface area contributed by atoms with Crippen LogP contribution in [-0.4, -0.2) is 39.7 Å². The SMILES string of the molecule is CC(C)CNC(=O)C1=CN(c2ncnc3[nH]ccc23)CCS1. The number of nitrogens with one attached hydrogen (secondary N) is 2. The number of fused-ring (bicyclic) bond motifs is 1. The maximum Gasteiger partial charge on any atom is 0.259 e. The molecule has 0 atom stereocenters. The number of hydrogen-bond acceptors (Lipinski definition) is 5. The van der Waals surface area contributed by atoms with Crippen molar-refractivity contribution in [1.29, 1.82) is 0 Å². The molecule has 116 valence electrons. The van der Waals surface area contributed by atoms with Gasteiger partial charge in [-0.05, 0) is 12.0 Å². The Morgan fingerprint density at radius 2 is 2.36 bits per heavy atom. The highest BCUT2D eigenvalue weighted by Crippen LogP contribution is 2.28. The van der Waals surface area contributed by atoms with E-state index in [-0.39, 0.29) is 5.91 Å². The fourth-order valence-corrected chi connectivity index (χ4v) is 3.17. The highest BCUT2D eigenvalue weighted by molar-refractivity contribution is 8.04. The molecule has 0 spiro atoms. The quantitative estimate of drug-likeness (QED) is 0.903. The third kappa shape index (κ3) is 3.09. The molecule has 3 heterocycles. The Labute approximate surface area is 133 Å². The summed E-state index contributed by atoms with van der Waals surface area (Å²) in [5, 5.41) is 3.93. The van der Waals surface area contributed by atoms with Gasteiger partial charge in [0.1, 0.15) is 17.8 Å². The fourth-order valence-electron chi connectivity index (χ4n) is 2.26. The number of anilines is 1. The first-order valence-electron chi connectivity index (χ1n) is 7.32. The van der Waals surface area contributed by atoms with Crippen LogP contribution in [0.25, 0.3) is 11.0 Å². The number of thioether (sulfide) groups is 1. The highest BCUT2D eigenvalue weighted by atomic mass is 32.2. The van der Waals surface area contributed by atoms with E-state index in [1.165, 1.54) is 0 Å². The molecule has 6 nitrogen and oxygen atoms in total. The number of rotatable bonds is 4. The van der Waals surface area contributed by atoms with Gasteiger partial charge in [0.15, 0.2) is 0 Å². The molecule has 0 bridgehead atoms. The van der Waals surface area contributed by atoms with E-state index >= 15 is 0 Å². The number of H-pyrrole nitrogens is 1. The molecule has 7 heteroatoms. The van der Waals surface area contributed by atoms with Gasteiger partial charge in [-0.2, -0.15) is 0 Å². The number of hydrogen-bond donors (Lipinski definition) is 2. The summed E-state index contributed by atoms with van der Waals surface area (Å²) in [4.78, 5) is 26.6. The highest BCUT2D eigenvalue weighted by Gasteiger charge is 2.20. The molecule has 1 aliphatic rings. The van der Waals surface area contributed by atoms with Crippen molar-refractivity contribution in [3.8, 4) is 0 Å². The summed E-state index contributed by atoms with van der Waals surface area (Å²) in [5.41, 5.74) is 0.808. The first kappa shape index (κ1) is 14.9. The van der Waals surface area contributed by atoms with Crippen LogP contribution in [0.15, 0.2) is 29.7 Å². The second kappa shape index (κ2) is 6.39. The first-order valence-corrected chi connectivity index (χ1v) is 8.31. The number of carbonyl (C=O) groups is 1. The van der Waals surface area contributed by atoms with Gasteiger partial charge in [-0.1, -0.05) is 13.8 Å². The Hall–Kier alpha value is -2.02. The minimum atomic E-state index is -0.0113. The van der Waals surface area contributed by atoms with E-state index in [1.54, 1.807) is 18.1 Å². The third-order valence-electron chi connectivity index (χ3n) is 3.36. The average molecular weight is 317 g/mol. The number of amides is 1. The van der Waals surface area contributed by atoms with Crippen LogP contribution in [0, 0.1) is 5.92 Å². The summed E-state index contributed by atoms with van der Waals surface area (Å²) < 4.78 is 0. The molecule has 0 saturated heterocycles. The molecule has 22 heavy (non-hydrogen) atoms. The number of aromatic amines is 1. The Balaban J connectivity index is 1.84. The summed E-state index contributed by atoms with van der Waals surface area (Å²) in [6.07, 6.45) is 5.28. The summed E-state index contributed by atoms with van der Waals surface area (Å²) in [6, 6.07) is 1.96. The van der Waals surface area contributed by atoms with Crippen molar-refractivity contribution in [2.75, 3.05) is 23.7 Å². The molecule has 3 rings (SSSR count). The standard InChI is InChI=1S/C15H19N5OS/c1-10(2)7-17-15(21)12-8-20(5-6-22-12)14-11-3-4-16-13(11)18-9-19-14/h3-4,8-10H,5-7H2,1-2H3,(H,17,21)(H,16,18,19). The van der Waals surface area contributed by atoms with Crippen molar-refractivity contribution in [1.82, 2.24) is 20.3 Å². The molecule has 1 aliphatic heterocycles. The average Bonchev–Trinajstić information content (AvgIpc) is 3.01. The van der Waals surface area contributed by atoms with Gasteiger partial charge in [0, 0.05) is 31.2 Å². The van der Waals surface area contributed by atoms with E-state index in [0.717, 1.165) is 34.1 Å². The summed E-state index contributed by atoms with van der Waals surface area (Å²) >= 11 is 1.59. The van der Waals surface area contributed by atoms with Crippen molar-refractivity contribution in [3.63, 3.8) is 0 Å². The van der Waals surface area contributed by atoms with Crippen molar-refractivity contribution in [2.45, 2.75) is 13.8 Å². The molecule has 1 amide bonds. The molecule has 0 aromatic carbocycles. The lowest BCUT2D eigenvalue weighted by Crippen LogP contribution is -2.32. The van der Waals surface area contributed by atoms with Gasteiger partial charge in [-0.25, -0.2) is 9.97 Å². The molecule has 0 fully saturated rings. The Bertz CT molecular complexity index is 709. The van der Waals surface area contributed by atoms with E-state index in [9.17, 15) is 4.79 Å². The van der Waals surface area contributed by atoms with Gasteiger partial charge >= 0.3 is 0 Å². The fraction of sp³-hybridized carbons (Fsp3) is 0.400. The topological polar surface area (TPSA) is 73.9 Å². The lowest BCUT2D eigenvalue weighted by atomic mass is 10.2. The number of carbonyl (C=O) groups excluding carboxylic acids is 1. The largest absolute Gasteiger partial charge is 0.351 e. The molecule has 2 aromatic rings. The van der Waals surface area contributed by atoms with E-state index in [2.05, 4.69) is 34.1 Å². The van der Waals surface area contributed by atoms with E-state index < -0.39 is 0 Å². The molecular formula is C15H19N5OS. The van der Waals surface area contributed by atoms with Gasteiger partial charge in [0.05, 0.1) is 10.3 Å². The monoisotopic (exact) mass is 317 g/mol. The summed E-state index contributed by atoms with van der Waals surface area (Å²) in [5.74, 6) is 2.12. The van der Waals surface area contributed by atoms with Crippen LogP contribution in [0.4, 0.5) is 5.82 Å². The predicted molar refractivity (Wildman–Crippen MR) is 89.6 cm³/mol. The number of aromatic nitrogens is 3. The zero-order chi connectivity index (χ0) is 15.5. The van der Waals surface area contributed by atoms with Crippen LogP contribution in [0.1, 0.15) is 13.8 Å². The van der Waals surface area contributed by atoms with Crippen LogP contribution < -0.4 is 10.2 Å². The smallest absolute Gasteiger partial charge is 0.259 e. The summed E-state index contributed by atoms with van der Waals surface area (Å²) in [6.45, 7) is 5.67. The Kier molecular flexibility index (Phi) is 4.33. The van der Waals surface area contributed by atoms with Crippen LogP contribution in [0.5, 0.6) is 0 Å². The minimum Gasteiger partial charge on any atom is -0.351 e. The second-order valence-electron chi connectivity index (χ2n) is 5.58. The molecular weight excluding hydrogens is 298 g/mol. The van der Waals surface area contributed by atoms with Crippen molar-refractivity contribution < 1.29 is 4.79 Å². The maximum atomic E-state index is 12.2. The summed E-state index contributed by atoms with van der Waals surface area (Å²) in [7, 11) is 0. The minimum absolute atomic E-state index is 0.0113. The molecule has 0 saturated carbocycles. The maximum absolute atomic E-state index is 12.2. The van der Waals surface area contributed by atoms with E-state index in [0.29, 0.717) is 12.5 Å². The van der Waals surface area contributed by atoms with Gasteiger partial charge in [0.25, 0.3) is 5.91 Å². The number of nitrogens with zero attached hydrogens (tertiary/aromatic N) is 3. The molecule has 0 unspecified atom stereocenters. The van der Waals surface area contributed by atoms with E-state index in [1.807, 2.05) is 23.4 Å². The Morgan fingerprint density at radius 3 is 3.18 bits per heavy atom. The Morgan fingerprint density at radius 1 is 1.50 bits per heavy atom. The van der Waals surface area contributed by atoms with Crippen LogP contribution in [0.3, 0.4) is 0 Å². The third-order valence-corrected chi connectivity index (χ3v) is 4.35. The van der Waals surface area contributed by atoms with Crippen molar-refractivity contribution >= 4 is 34.5 Å². The molecule has 0 aliphatic carbocycles. The van der Waals surface area contributed by atoms with Gasteiger partial charge in [-0.15, -0.1) is 11.8 Å². The normalized spacial score (nSPS) is 15.2. The predicted octanol–water partition coefficient (Wildman–Crippen LogP) is 2.12. The second-order valence-corrected chi connectivity index (χ2v) is 6.71. The zero-order valence-electron chi connectivity index (χ0n) is 12.7. The molecule has 2 N–H and O–H groups in total. The molecule has 0 radical (unpaired) electrons. The van der Waals surface area contributed by atoms with Crippen molar-refractivity contribution in [2.24, 2.45) is 5.92 Å². The van der Waals surface area contributed by atoms with Crippen molar-refractivity contribution in [3.05, 3.63) is 29.7 Å². The van der Waals surface area contributed by atoms with E-state index in [4.69, 9.17) is 0 Å².